The molecule has 1 aliphatic heterocycles. The zero-order valence-corrected chi connectivity index (χ0v) is 24.9. The van der Waals surface area contributed by atoms with Crippen molar-refractivity contribution in [2.75, 3.05) is 19.7 Å². The predicted molar refractivity (Wildman–Crippen MR) is 143 cm³/mol. The van der Waals surface area contributed by atoms with E-state index < -0.39 is 66.9 Å². The molecule has 0 spiro atoms. The molecule has 1 saturated carbocycles. The number of alkyl halides is 6. The number of hydrogen-bond donors (Lipinski definition) is 0. The van der Waals surface area contributed by atoms with E-state index in [1.165, 1.54) is 12.1 Å². The molecule has 2 aromatic carbocycles. The fourth-order valence-corrected chi connectivity index (χ4v) is 6.29. The Hall–Kier alpha value is -3.82. The molecule has 1 heterocycles. The smallest absolute Gasteiger partial charge is 0.492 e. The fraction of sp³-hybridized carbons (Fsp3) is 0.444. The summed E-state index contributed by atoms with van der Waals surface area (Å²) in [6.45, 7) is 1.23. The van der Waals surface area contributed by atoms with Crippen molar-refractivity contribution >= 4 is 33.5 Å². The molecule has 1 amide bonds. The molecule has 2 aliphatic rings. The van der Waals surface area contributed by atoms with Crippen molar-refractivity contribution in [2.24, 2.45) is 5.92 Å². The normalized spacial score (nSPS) is 16.4. The zero-order chi connectivity index (χ0) is 34.0. The molecule has 4 rings (SSSR count). The molecule has 0 N–H and O–H groups in total. The lowest BCUT2D eigenvalue weighted by molar-refractivity contribution is -0.274. The third-order valence-corrected chi connectivity index (χ3v) is 9.15. The maximum absolute atomic E-state index is 15.0. The van der Waals surface area contributed by atoms with Crippen molar-refractivity contribution in [1.29, 1.82) is 5.26 Å². The van der Waals surface area contributed by atoms with Crippen LogP contribution in [0.2, 0.25) is 5.02 Å². The fourth-order valence-electron chi connectivity index (χ4n) is 4.54. The van der Waals surface area contributed by atoms with Gasteiger partial charge in [-0.1, -0.05) is 16.1 Å². The van der Waals surface area contributed by atoms with Crippen LogP contribution >= 0.6 is 11.6 Å². The van der Waals surface area contributed by atoms with Crippen LogP contribution in [0.3, 0.4) is 0 Å². The summed E-state index contributed by atoms with van der Waals surface area (Å²) < 4.78 is 125. The van der Waals surface area contributed by atoms with Gasteiger partial charge in [0.25, 0.3) is 10.0 Å². The average molecular weight is 702 g/mol. The molecule has 10 nitrogen and oxygen atoms in total. The third kappa shape index (κ3) is 8.91. The highest BCUT2D eigenvalue weighted by molar-refractivity contribution is 7.90. The maximum Gasteiger partial charge on any atom is 0.573 e. The predicted octanol–water partition coefficient (Wildman–Crippen LogP) is 5.50. The van der Waals surface area contributed by atoms with Crippen LogP contribution in [0.4, 0.5) is 30.7 Å². The van der Waals surface area contributed by atoms with Crippen LogP contribution < -0.4 is 9.47 Å². The van der Waals surface area contributed by atoms with Gasteiger partial charge in [0.05, 0.1) is 23.0 Å². The van der Waals surface area contributed by atoms with Gasteiger partial charge in [0.15, 0.2) is 0 Å². The molecule has 0 bridgehead atoms. The molecule has 0 aromatic heterocycles. The van der Waals surface area contributed by atoms with Gasteiger partial charge in [-0.25, -0.2) is 17.6 Å². The number of hydroxylamine groups is 1. The molecule has 0 atom stereocenters. The van der Waals surface area contributed by atoms with Crippen LogP contribution in [0.5, 0.6) is 11.5 Å². The van der Waals surface area contributed by atoms with Gasteiger partial charge in [-0.15, -0.1) is 13.2 Å². The molecule has 19 heteroatoms. The van der Waals surface area contributed by atoms with E-state index in [0.29, 0.717) is 43.6 Å². The molecule has 2 fully saturated rings. The Bertz CT molecular complexity index is 1640. The van der Waals surface area contributed by atoms with Gasteiger partial charge < -0.3 is 14.3 Å². The van der Waals surface area contributed by atoms with Gasteiger partial charge >= 0.3 is 24.4 Å². The lowest BCUT2D eigenvalue weighted by atomic mass is 9.97. The van der Waals surface area contributed by atoms with Crippen LogP contribution in [-0.2, 0) is 26.2 Å². The second kappa shape index (κ2) is 13.5. The Labute approximate surface area is 262 Å². The first-order valence-electron chi connectivity index (χ1n) is 13.4. The molecule has 250 valence electrons. The number of ether oxygens (including phenoxy) is 2. The largest absolute Gasteiger partial charge is 0.573 e. The first kappa shape index (κ1) is 35.0. The number of halogens is 8. The average Bonchev–Trinajstić information content (AvgIpc) is 3.80. The third-order valence-electron chi connectivity index (χ3n) is 6.91. The Morgan fingerprint density at radius 2 is 1.67 bits per heavy atom. The first-order chi connectivity index (χ1) is 21.4. The number of carbonyl (C=O) groups excluding carboxylic acids is 2. The summed E-state index contributed by atoms with van der Waals surface area (Å²) in [6, 6.07) is 6.58. The minimum absolute atomic E-state index is 0.0264. The number of nitrogens with zero attached hydrogens (tertiary/aromatic N) is 3. The standard InChI is InChI=1S/C27H23ClF7N3O7S/c28-18-7-16(8-19(10-18)44-27(33,34)35)13-37-5-3-15(4-6-37)14-43-23-11-22(29)21(9-17(23)12-36)24(39)38(45-25(40)26(30,31)32)46(41,42)20-1-2-20/h7-11,15,20H,1-6,13-14H2. The van der Waals surface area contributed by atoms with Crippen molar-refractivity contribution < 1.29 is 63.1 Å². The molecule has 1 aliphatic carbocycles. The monoisotopic (exact) mass is 701 g/mol. The van der Waals surface area contributed by atoms with Crippen LogP contribution in [0.25, 0.3) is 0 Å². The molecule has 2 aromatic rings. The van der Waals surface area contributed by atoms with E-state index in [2.05, 4.69) is 9.57 Å². The molecular formula is C27H23ClF7N3O7S. The summed E-state index contributed by atoms with van der Waals surface area (Å²) in [5, 5.41) is 8.30. The Balaban J connectivity index is 1.40. The minimum Gasteiger partial charge on any atom is -0.492 e. The summed E-state index contributed by atoms with van der Waals surface area (Å²) in [6.07, 6.45) is -9.56. The summed E-state index contributed by atoms with van der Waals surface area (Å²) in [5.41, 5.74) is -1.12. The minimum atomic E-state index is -5.67. The Morgan fingerprint density at radius 1 is 1.02 bits per heavy atom. The van der Waals surface area contributed by atoms with Crippen molar-refractivity contribution in [2.45, 2.75) is 50.0 Å². The van der Waals surface area contributed by atoms with Crippen LogP contribution in [0.15, 0.2) is 30.3 Å². The maximum atomic E-state index is 15.0. The van der Waals surface area contributed by atoms with Crippen molar-refractivity contribution in [1.82, 2.24) is 9.37 Å². The number of hydrogen-bond acceptors (Lipinski definition) is 9. The number of rotatable bonds is 9. The van der Waals surface area contributed by atoms with Crippen LogP contribution in [-0.4, -0.2) is 67.1 Å². The summed E-state index contributed by atoms with van der Waals surface area (Å²) in [7, 11) is -4.94. The number of likely N-dealkylation sites (tertiary alicyclic amines) is 1. The number of benzene rings is 2. The van der Waals surface area contributed by atoms with Crippen LogP contribution in [0.1, 0.15) is 47.2 Å². The van der Waals surface area contributed by atoms with E-state index >= 15 is 4.39 Å². The molecule has 1 saturated heterocycles. The van der Waals surface area contributed by atoms with E-state index in [-0.39, 0.29) is 42.7 Å². The topological polar surface area (TPSA) is 126 Å². The van der Waals surface area contributed by atoms with E-state index in [9.17, 15) is 49.6 Å². The van der Waals surface area contributed by atoms with Gasteiger partial charge in [-0.2, -0.15) is 18.4 Å². The van der Waals surface area contributed by atoms with E-state index in [1.807, 2.05) is 4.90 Å². The Morgan fingerprint density at radius 3 is 2.24 bits per heavy atom. The number of amides is 1. The highest BCUT2D eigenvalue weighted by atomic mass is 35.5. The second-order valence-corrected chi connectivity index (χ2v) is 12.9. The van der Waals surface area contributed by atoms with Crippen molar-refractivity contribution in [3.63, 3.8) is 0 Å². The van der Waals surface area contributed by atoms with E-state index in [1.54, 1.807) is 6.07 Å². The second-order valence-electron chi connectivity index (χ2n) is 10.5. The van der Waals surface area contributed by atoms with Gasteiger partial charge in [0.2, 0.25) is 0 Å². The molecule has 0 radical (unpaired) electrons. The number of piperidine rings is 1. The van der Waals surface area contributed by atoms with Gasteiger partial charge in [0, 0.05) is 17.6 Å². The van der Waals surface area contributed by atoms with Crippen LogP contribution in [0, 0.1) is 23.1 Å². The zero-order valence-electron chi connectivity index (χ0n) is 23.3. The van der Waals surface area contributed by atoms with E-state index in [0.717, 1.165) is 6.07 Å². The first-order valence-corrected chi connectivity index (χ1v) is 15.3. The lowest BCUT2D eigenvalue weighted by Crippen LogP contribution is -2.44. The summed E-state index contributed by atoms with van der Waals surface area (Å²) in [5.74, 6) is -7.33. The highest BCUT2D eigenvalue weighted by Crippen LogP contribution is 2.34. The highest BCUT2D eigenvalue weighted by Gasteiger charge is 2.50. The molecule has 46 heavy (non-hydrogen) atoms. The number of carbonyl (C=O) groups is 2. The van der Waals surface area contributed by atoms with Crippen molar-refractivity contribution in [3.05, 3.63) is 57.9 Å². The number of nitriles is 1. The lowest BCUT2D eigenvalue weighted by Gasteiger charge is -2.32. The van der Waals surface area contributed by atoms with Crippen molar-refractivity contribution in [3.8, 4) is 17.6 Å². The van der Waals surface area contributed by atoms with Gasteiger partial charge in [0.1, 0.15) is 23.4 Å². The summed E-state index contributed by atoms with van der Waals surface area (Å²) >= 11 is 5.93. The summed E-state index contributed by atoms with van der Waals surface area (Å²) in [4.78, 5) is 30.1. The quantitative estimate of drug-likeness (QED) is 0.246. The number of sulfonamides is 1. The SMILES string of the molecule is N#Cc1cc(C(=O)N(OC(=O)C(F)(F)F)S(=O)(=O)C2CC2)c(F)cc1OCC1CCN(Cc2cc(Cl)cc(OC(F)(F)F)c2)CC1. The molecular weight excluding hydrogens is 679 g/mol. The Kier molecular flexibility index (Phi) is 10.3. The van der Waals surface area contributed by atoms with Gasteiger partial charge in [-0.3, -0.25) is 9.69 Å². The molecule has 0 unspecified atom stereocenters. The van der Waals surface area contributed by atoms with Gasteiger partial charge in [-0.05, 0) is 74.5 Å². The van der Waals surface area contributed by atoms with E-state index in [4.69, 9.17) is 16.3 Å².